The molecule has 0 saturated heterocycles. The monoisotopic (exact) mass is 641 g/mol. The zero-order valence-corrected chi connectivity index (χ0v) is 27.0. The second-order valence-electron chi connectivity index (χ2n) is 11.5. The van der Waals surface area contributed by atoms with Crippen molar-refractivity contribution in [3.8, 4) is 0 Å². The number of hydrogen-bond acceptors (Lipinski definition) is 9. The summed E-state index contributed by atoms with van der Waals surface area (Å²) in [4.78, 5) is 66.8. The molecule has 13 nitrogen and oxygen atoms in total. The number of nitrogens with zero attached hydrogens (tertiary/aromatic N) is 5. The number of nitrogens with one attached hydrogen (secondary N) is 2. The van der Waals surface area contributed by atoms with E-state index < -0.39 is 5.91 Å². The summed E-state index contributed by atoms with van der Waals surface area (Å²) in [5.74, 6) is -1.75. The Hall–Kier alpha value is -4.07. The predicted octanol–water partition coefficient (Wildman–Crippen LogP) is 3.61. The first-order valence-corrected chi connectivity index (χ1v) is 15.2. The fraction of sp³-hybridized carbons (Fsp3) is 0.484. The van der Waals surface area contributed by atoms with Crippen LogP contribution in [-0.4, -0.2) is 110 Å². The smallest absolute Gasteiger partial charge is 0.294 e. The standard InChI is InChI=1S/C31H40ClN7O6/c1-37(2)14-15-38(3)30(42)20-8-6-19(7-9-20)28(40)36-26-25-23(12-11-22(34-25)31(43)39(4)16-17-44-5)45-27(26)29(41)35-24-13-10-21(32)18-33-24/h10-13,18-20H,6-9,14-17H2,1-5H3,(H,36,40)(H,33,35,41). The van der Waals surface area contributed by atoms with Gasteiger partial charge in [-0.25, -0.2) is 9.97 Å². The molecule has 3 aromatic rings. The Morgan fingerprint density at radius 3 is 2.29 bits per heavy atom. The van der Waals surface area contributed by atoms with Crippen LogP contribution < -0.4 is 10.6 Å². The summed E-state index contributed by atoms with van der Waals surface area (Å²) < 4.78 is 10.9. The molecule has 4 amide bonds. The topological polar surface area (TPSA) is 150 Å². The van der Waals surface area contributed by atoms with E-state index in [0.717, 1.165) is 6.54 Å². The number of aromatic nitrogens is 2. The van der Waals surface area contributed by atoms with E-state index in [2.05, 4.69) is 20.6 Å². The molecule has 242 valence electrons. The van der Waals surface area contributed by atoms with Crippen LogP contribution in [-0.2, 0) is 14.3 Å². The average molecular weight is 642 g/mol. The first-order valence-electron chi connectivity index (χ1n) is 14.8. The van der Waals surface area contributed by atoms with Crippen LogP contribution in [0.4, 0.5) is 11.5 Å². The van der Waals surface area contributed by atoms with E-state index >= 15 is 0 Å². The van der Waals surface area contributed by atoms with Crippen molar-refractivity contribution in [3.63, 3.8) is 0 Å². The number of anilines is 2. The van der Waals surface area contributed by atoms with Crippen molar-refractivity contribution in [3.05, 3.63) is 46.9 Å². The molecule has 0 aliphatic heterocycles. The lowest BCUT2D eigenvalue weighted by atomic mass is 9.81. The molecule has 0 bridgehead atoms. The van der Waals surface area contributed by atoms with Crippen molar-refractivity contribution < 1.29 is 28.3 Å². The molecule has 3 heterocycles. The van der Waals surface area contributed by atoms with Crippen molar-refractivity contribution in [1.82, 2.24) is 24.7 Å². The van der Waals surface area contributed by atoms with Crippen LogP contribution in [0.15, 0.2) is 34.9 Å². The number of ether oxygens (including phenoxy) is 1. The Kier molecular flexibility index (Phi) is 11.5. The Bertz CT molecular complexity index is 1520. The molecule has 0 unspecified atom stereocenters. The number of carbonyl (C=O) groups excluding carboxylic acids is 4. The van der Waals surface area contributed by atoms with Crippen LogP contribution in [0.2, 0.25) is 5.02 Å². The summed E-state index contributed by atoms with van der Waals surface area (Å²) in [6.45, 7) is 2.10. The summed E-state index contributed by atoms with van der Waals surface area (Å²) >= 11 is 5.92. The van der Waals surface area contributed by atoms with Crippen LogP contribution in [0.25, 0.3) is 11.1 Å². The van der Waals surface area contributed by atoms with Gasteiger partial charge in [0.2, 0.25) is 17.6 Å². The minimum atomic E-state index is -0.668. The molecule has 2 N–H and O–H groups in total. The zero-order chi connectivity index (χ0) is 32.7. The number of amides is 4. The summed E-state index contributed by atoms with van der Waals surface area (Å²) in [6.07, 6.45) is 3.57. The maximum atomic E-state index is 13.6. The highest BCUT2D eigenvalue weighted by Crippen LogP contribution is 2.34. The van der Waals surface area contributed by atoms with Crippen LogP contribution in [0, 0.1) is 11.8 Å². The number of likely N-dealkylation sites (N-methyl/N-ethyl adjacent to an activating group) is 3. The van der Waals surface area contributed by atoms with E-state index in [1.807, 2.05) is 26.0 Å². The van der Waals surface area contributed by atoms with Gasteiger partial charge in [-0.05, 0) is 64.0 Å². The quantitative estimate of drug-likeness (QED) is 0.302. The van der Waals surface area contributed by atoms with Crippen LogP contribution in [0.5, 0.6) is 0 Å². The van der Waals surface area contributed by atoms with Gasteiger partial charge in [-0.15, -0.1) is 0 Å². The molecule has 0 aromatic carbocycles. The van der Waals surface area contributed by atoms with Gasteiger partial charge >= 0.3 is 0 Å². The van der Waals surface area contributed by atoms with Gasteiger partial charge in [-0.3, -0.25) is 19.2 Å². The molecular formula is C31H40ClN7O6. The van der Waals surface area contributed by atoms with E-state index in [0.29, 0.717) is 50.4 Å². The van der Waals surface area contributed by atoms with Crippen LogP contribution in [0.1, 0.15) is 46.7 Å². The molecule has 0 spiro atoms. The normalized spacial score (nSPS) is 16.4. The maximum Gasteiger partial charge on any atom is 0.294 e. The Morgan fingerprint density at radius 1 is 0.933 bits per heavy atom. The third-order valence-corrected chi connectivity index (χ3v) is 8.08. The molecule has 1 fully saturated rings. The molecule has 1 aliphatic carbocycles. The third kappa shape index (κ3) is 8.56. The molecule has 45 heavy (non-hydrogen) atoms. The van der Waals surface area contributed by atoms with E-state index in [9.17, 15) is 19.2 Å². The van der Waals surface area contributed by atoms with E-state index in [4.69, 9.17) is 20.8 Å². The molecule has 1 saturated carbocycles. The fourth-order valence-electron chi connectivity index (χ4n) is 5.12. The van der Waals surface area contributed by atoms with E-state index in [1.165, 1.54) is 29.3 Å². The summed E-state index contributed by atoms with van der Waals surface area (Å²) in [5.41, 5.74) is 0.541. The van der Waals surface area contributed by atoms with Gasteiger partial charge < -0.3 is 34.5 Å². The minimum Gasteiger partial charge on any atom is -0.447 e. The summed E-state index contributed by atoms with van der Waals surface area (Å²) in [6, 6.07) is 6.14. The first-order chi connectivity index (χ1) is 21.5. The SMILES string of the molecule is COCCN(C)C(=O)c1ccc2oc(C(=O)Nc3ccc(Cl)cn3)c(NC(=O)C3CCC(C(=O)N(C)CCN(C)C)CC3)c2n1. The number of furan rings is 1. The van der Waals surface area contributed by atoms with Gasteiger partial charge in [-0.2, -0.15) is 0 Å². The van der Waals surface area contributed by atoms with Crippen molar-refractivity contribution in [2.24, 2.45) is 11.8 Å². The number of pyridine rings is 2. The molecule has 4 rings (SSSR count). The Labute approximate surface area is 267 Å². The van der Waals surface area contributed by atoms with Gasteiger partial charge in [0.15, 0.2) is 5.58 Å². The molecule has 0 atom stereocenters. The zero-order valence-electron chi connectivity index (χ0n) is 26.3. The highest BCUT2D eigenvalue weighted by Gasteiger charge is 2.33. The van der Waals surface area contributed by atoms with Gasteiger partial charge in [0.25, 0.3) is 11.8 Å². The van der Waals surface area contributed by atoms with Crippen molar-refractivity contribution in [2.75, 3.05) is 72.2 Å². The van der Waals surface area contributed by atoms with Crippen LogP contribution in [0.3, 0.4) is 0 Å². The van der Waals surface area contributed by atoms with Crippen LogP contribution >= 0.6 is 11.6 Å². The molecular weight excluding hydrogens is 602 g/mol. The lowest BCUT2D eigenvalue weighted by molar-refractivity contribution is -0.136. The predicted molar refractivity (Wildman–Crippen MR) is 170 cm³/mol. The lowest BCUT2D eigenvalue weighted by Crippen LogP contribution is -2.39. The minimum absolute atomic E-state index is 0.0530. The summed E-state index contributed by atoms with van der Waals surface area (Å²) in [7, 11) is 8.91. The van der Waals surface area contributed by atoms with Crippen molar-refractivity contribution in [1.29, 1.82) is 0 Å². The van der Waals surface area contributed by atoms with E-state index in [-0.39, 0.29) is 63.6 Å². The highest BCUT2D eigenvalue weighted by molar-refractivity contribution is 6.30. The molecule has 14 heteroatoms. The third-order valence-electron chi connectivity index (χ3n) is 7.86. The lowest BCUT2D eigenvalue weighted by Gasteiger charge is -2.30. The van der Waals surface area contributed by atoms with Crippen molar-refractivity contribution >= 4 is 57.8 Å². The largest absolute Gasteiger partial charge is 0.447 e. The van der Waals surface area contributed by atoms with Gasteiger partial charge in [0, 0.05) is 58.9 Å². The van der Waals surface area contributed by atoms with Crippen molar-refractivity contribution in [2.45, 2.75) is 25.7 Å². The fourth-order valence-corrected chi connectivity index (χ4v) is 5.23. The number of methoxy groups -OCH3 is 1. The van der Waals surface area contributed by atoms with Gasteiger partial charge in [0.1, 0.15) is 22.7 Å². The molecule has 0 radical (unpaired) electrons. The summed E-state index contributed by atoms with van der Waals surface area (Å²) in [5, 5.41) is 5.91. The average Bonchev–Trinajstić information content (AvgIpc) is 3.40. The highest BCUT2D eigenvalue weighted by atomic mass is 35.5. The second-order valence-corrected chi connectivity index (χ2v) is 11.9. The maximum absolute atomic E-state index is 13.6. The molecule has 3 aromatic heterocycles. The Balaban J connectivity index is 1.56. The second kappa shape index (κ2) is 15.3. The Morgan fingerprint density at radius 2 is 1.64 bits per heavy atom. The number of rotatable bonds is 12. The number of hydrogen-bond donors (Lipinski definition) is 2. The first kappa shape index (κ1) is 33.8. The molecule has 1 aliphatic rings. The number of halogens is 1. The number of carbonyl (C=O) groups is 4. The van der Waals surface area contributed by atoms with Gasteiger partial charge in [-0.1, -0.05) is 11.6 Å². The van der Waals surface area contributed by atoms with E-state index in [1.54, 1.807) is 25.1 Å². The number of fused-ring (bicyclic) bond motifs is 1. The van der Waals surface area contributed by atoms with Gasteiger partial charge in [0.05, 0.1) is 11.6 Å².